The Bertz CT molecular complexity index is 845. The van der Waals surface area contributed by atoms with Gasteiger partial charge in [-0.3, -0.25) is 14.3 Å². The summed E-state index contributed by atoms with van der Waals surface area (Å²) in [5, 5.41) is 0.170. The molecule has 0 aliphatic heterocycles. The van der Waals surface area contributed by atoms with Crippen LogP contribution in [0.15, 0.2) is 15.7 Å². The third-order valence-electron chi connectivity index (χ3n) is 4.80. The number of aromatic amines is 1. The van der Waals surface area contributed by atoms with Crippen molar-refractivity contribution in [2.45, 2.75) is 56.9 Å². The Morgan fingerprint density at radius 2 is 1.86 bits per heavy atom. The van der Waals surface area contributed by atoms with Crippen LogP contribution in [0.1, 0.15) is 62.6 Å². The molecule has 0 spiro atoms. The Hall–Kier alpha value is -1.98. The minimum Gasteiger partial charge on any atom is -0.274 e. The van der Waals surface area contributed by atoms with Gasteiger partial charge in [0.15, 0.2) is 0 Å². The fourth-order valence-corrected chi connectivity index (χ4v) is 3.50. The number of nitrogens with one attached hydrogen (secondary N) is 1. The van der Waals surface area contributed by atoms with Gasteiger partial charge in [0.05, 0.1) is 11.1 Å². The summed E-state index contributed by atoms with van der Waals surface area (Å²) in [7, 11) is 0. The lowest BCUT2D eigenvalue weighted by Gasteiger charge is -2.22. The minimum absolute atomic E-state index is 0.0871. The molecule has 2 saturated carbocycles. The van der Waals surface area contributed by atoms with Crippen LogP contribution in [0.3, 0.4) is 0 Å². The standard InChI is InChI=1S/C16H18FN3O2/c17-12-8-11-14(18-13(12)9-4-2-1-3-5-9)20(10-6-7-10)16(22)19-15(11)21/h8-10H,1-7H2,(H,19,21,22). The van der Waals surface area contributed by atoms with Crippen molar-refractivity contribution < 1.29 is 4.39 Å². The molecule has 2 aromatic heterocycles. The number of halogens is 1. The van der Waals surface area contributed by atoms with Gasteiger partial charge in [0.25, 0.3) is 5.56 Å². The van der Waals surface area contributed by atoms with E-state index in [2.05, 4.69) is 9.97 Å². The van der Waals surface area contributed by atoms with E-state index in [4.69, 9.17) is 0 Å². The Labute approximate surface area is 126 Å². The number of hydrogen-bond donors (Lipinski definition) is 1. The molecule has 2 fully saturated rings. The summed E-state index contributed by atoms with van der Waals surface area (Å²) < 4.78 is 16.0. The number of hydrogen-bond acceptors (Lipinski definition) is 3. The third-order valence-corrected chi connectivity index (χ3v) is 4.80. The van der Waals surface area contributed by atoms with E-state index in [1.54, 1.807) is 0 Å². The molecule has 0 saturated heterocycles. The lowest BCUT2D eigenvalue weighted by molar-refractivity contribution is 0.421. The number of aromatic nitrogens is 3. The van der Waals surface area contributed by atoms with Crippen LogP contribution < -0.4 is 11.2 Å². The molecule has 6 heteroatoms. The maximum atomic E-state index is 14.4. The molecule has 2 heterocycles. The summed E-state index contributed by atoms with van der Waals surface area (Å²) in [4.78, 5) is 30.8. The van der Waals surface area contributed by atoms with Gasteiger partial charge in [-0.05, 0) is 31.7 Å². The molecular formula is C16H18FN3O2. The van der Waals surface area contributed by atoms with Gasteiger partial charge in [0.1, 0.15) is 11.5 Å². The van der Waals surface area contributed by atoms with Gasteiger partial charge >= 0.3 is 5.69 Å². The summed E-state index contributed by atoms with van der Waals surface area (Å²) in [5.41, 5.74) is -0.225. The Morgan fingerprint density at radius 3 is 2.55 bits per heavy atom. The van der Waals surface area contributed by atoms with Gasteiger partial charge in [0.2, 0.25) is 0 Å². The van der Waals surface area contributed by atoms with Crippen molar-refractivity contribution in [2.24, 2.45) is 0 Å². The molecule has 2 aromatic rings. The molecule has 5 nitrogen and oxygen atoms in total. The van der Waals surface area contributed by atoms with Crippen molar-refractivity contribution in [3.8, 4) is 0 Å². The van der Waals surface area contributed by atoms with Crippen molar-refractivity contribution in [1.29, 1.82) is 0 Å². The van der Waals surface area contributed by atoms with E-state index in [9.17, 15) is 14.0 Å². The number of pyridine rings is 1. The summed E-state index contributed by atoms with van der Waals surface area (Å²) in [5.74, 6) is -0.328. The van der Waals surface area contributed by atoms with Gasteiger partial charge in [0, 0.05) is 12.0 Å². The highest BCUT2D eigenvalue weighted by molar-refractivity contribution is 5.74. The van der Waals surface area contributed by atoms with Crippen LogP contribution in [0.2, 0.25) is 0 Å². The average molecular weight is 303 g/mol. The fraction of sp³-hybridized carbons (Fsp3) is 0.562. The molecule has 4 rings (SSSR count). The lowest BCUT2D eigenvalue weighted by Crippen LogP contribution is -2.31. The highest BCUT2D eigenvalue weighted by Crippen LogP contribution is 2.36. The first-order valence-corrected chi connectivity index (χ1v) is 8.00. The van der Waals surface area contributed by atoms with Gasteiger partial charge in [-0.25, -0.2) is 14.2 Å². The highest BCUT2D eigenvalue weighted by atomic mass is 19.1. The van der Waals surface area contributed by atoms with Gasteiger partial charge < -0.3 is 0 Å². The predicted octanol–water partition coefficient (Wildman–Crippen LogP) is 2.61. The van der Waals surface area contributed by atoms with E-state index in [-0.39, 0.29) is 17.3 Å². The van der Waals surface area contributed by atoms with Crippen LogP contribution in [0.4, 0.5) is 4.39 Å². The number of H-pyrrole nitrogens is 1. The zero-order valence-corrected chi connectivity index (χ0v) is 12.3. The fourth-order valence-electron chi connectivity index (χ4n) is 3.50. The first-order valence-electron chi connectivity index (χ1n) is 8.00. The zero-order valence-electron chi connectivity index (χ0n) is 12.3. The predicted molar refractivity (Wildman–Crippen MR) is 80.7 cm³/mol. The zero-order chi connectivity index (χ0) is 15.3. The summed E-state index contributed by atoms with van der Waals surface area (Å²) in [6, 6.07) is 1.34. The smallest absolute Gasteiger partial charge is 0.274 e. The maximum absolute atomic E-state index is 14.4. The molecule has 0 amide bonds. The average Bonchev–Trinajstić information content (AvgIpc) is 3.33. The monoisotopic (exact) mass is 303 g/mol. The van der Waals surface area contributed by atoms with Crippen molar-refractivity contribution >= 4 is 11.0 Å². The molecular weight excluding hydrogens is 285 g/mol. The van der Waals surface area contributed by atoms with E-state index in [0.29, 0.717) is 11.3 Å². The summed E-state index contributed by atoms with van der Waals surface area (Å²) >= 11 is 0. The van der Waals surface area contributed by atoms with E-state index in [1.807, 2.05) is 0 Å². The molecule has 2 aliphatic rings. The van der Waals surface area contributed by atoms with E-state index >= 15 is 0 Å². The van der Waals surface area contributed by atoms with Crippen molar-refractivity contribution in [3.63, 3.8) is 0 Å². The summed E-state index contributed by atoms with van der Waals surface area (Å²) in [6.45, 7) is 0. The van der Waals surface area contributed by atoms with Gasteiger partial charge in [-0.2, -0.15) is 0 Å². The molecule has 0 radical (unpaired) electrons. The summed E-state index contributed by atoms with van der Waals surface area (Å²) in [6.07, 6.45) is 6.98. The normalized spacial score (nSPS) is 19.7. The number of nitrogens with zero attached hydrogens (tertiary/aromatic N) is 2. The Morgan fingerprint density at radius 1 is 1.14 bits per heavy atom. The topological polar surface area (TPSA) is 67.8 Å². The van der Waals surface area contributed by atoms with Crippen LogP contribution >= 0.6 is 0 Å². The van der Waals surface area contributed by atoms with E-state index < -0.39 is 17.1 Å². The third kappa shape index (κ3) is 2.17. The van der Waals surface area contributed by atoms with Gasteiger partial charge in [-0.15, -0.1) is 0 Å². The molecule has 1 N–H and O–H groups in total. The molecule has 22 heavy (non-hydrogen) atoms. The molecule has 0 atom stereocenters. The largest absolute Gasteiger partial charge is 0.330 e. The van der Waals surface area contributed by atoms with Crippen LogP contribution in [0, 0.1) is 5.82 Å². The van der Waals surface area contributed by atoms with Crippen LogP contribution in [-0.2, 0) is 0 Å². The van der Waals surface area contributed by atoms with Crippen molar-refractivity contribution in [2.75, 3.05) is 0 Å². The second-order valence-electron chi connectivity index (χ2n) is 6.42. The second kappa shape index (κ2) is 5.04. The highest BCUT2D eigenvalue weighted by Gasteiger charge is 2.29. The molecule has 0 unspecified atom stereocenters. The maximum Gasteiger partial charge on any atom is 0.330 e. The van der Waals surface area contributed by atoms with Crippen LogP contribution in [-0.4, -0.2) is 14.5 Å². The lowest BCUT2D eigenvalue weighted by atomic mass is 9.86. The van der Waals surface area contributed by atoms with Gasteiger partial charge in [-0.1, -0.05) is 19.3 Å². The van der Waals surface area contributed by atoms with Crippen molar-refractivity contribution in [3.05, 3.63) is 38.4 Å². The first kappa shape index (κ1) is 13.7. The Balaban J connectivity index is 1.96. The van der Waals surface area contributed by atoms with E-state index in [0.717, 1.165) is 38.5 Å². The molecule has 2 aliphatic carbocycles. The van der Waals surface area contributed by atoms with Crippen molar-refractivity contribution in [1.82, 2.24) is 14.5 Å². The minimum atomic E-state index is -0.557. The van der Waals surface area contributed by atoms with Crippen LogP contribution in [0.25, 0.3) is 11.0 Å². The first-order chi connectivity index (χ1) is 10.6. The Kier molecular flexibility index (Phi) is 3.13. The molecule has 0 aromatic carbocycles. The SMILES string of the molecule is O=c1[nH]c(=O)n(C2CC2)c2nc(C3CCCCC3)c(F)cc12. The number of fused-ring (bicyclic) bond motifs is 1. The van der Waals surface area contributed by atoms with Crippen LogP contribution in [0.5, 0.6) is 0 Å². The van der Waals surface area contributed by atoms with E-state index in [1.165, 1.54) is 17.1 Å². The number of rotatable bonds is 2. The quantitative estimate of drug-likeness (QED) is 0.927. The second-order valence-corrected chi connectivity index (χ2v) is 6.42. The molecule has 116 valence electrons. The molecule has 0 bridgehead atoms.